The molecule has 2 nitrogen and oxygen atoms in total. The van der Waals surface area contributed by atoms with E-state index < -0.39 is 0 Å². The van der Waals surface area contributed by atoms with Crippen molar-refractivity contribution in [2.24, 2.45) is 0 Å². The lowest BCUT2D eigenvalue weighted by atomic mass is 9.97. The zero-order valence-corrected chi connectivity index (χ0v) is 18.4. The summed E-state index contributed by atoms with van der Waals surface area (Å²) in [7, 11) is 0. The molecule has 0 saturated heterocycles. The predicted octanol–water partition coefficient (Wildman–Crippen LogP) is 6.31. The second-order valence-electron chi connectivity index (χ2n) is 8.29. The Morgan fingerprint density at radius 2 is 1.10 bits per heavy atom. The highest BCUT2D eigenvalue weighted by Crippen LogP contribution is 2.23. The normalized spacial score (nSPS) is 13.3. The van der Waals surface area contributed by atoms with Crippen molar-refractivity contribution in [3.05, 3.63) is 106 Å². The molecule has 152 valence electrons. The molecular formula is C27H34N2. The summed E-state index contributed by atoms with van der Waals surface area (Å²) >= 11 is 0. The van der Waals surface area contributed by atoms with Crippen LogP contribution in [0, 0.1) is 20.8 Å². The van der Waals surface area contributed by atoms with Gasteiger partial charge in [0.1, 0.15) is 0 Å². The Hall–Kier alpha value is -2.42. The fourth-order valence-corrected chi connectivity index (χ4v) is 3.64. The standard InChI is InChI=1S/C27H34N2/c1-19-6-10-24(11-7-19)17-28-22(4)26-14-15-27(21(3)16-26)23(5)29-18-25-12-8-20(2)9-13-25/h6-16,22-23,28-29H,17-18H2,1-5H3. The van der Waals surface area contributed by atoms with E-state index in [1.54, 1.807) is 0 Å². The smallest absolute Gasteiger partial charge is 0.0297 e. The number of nitrogens with one attached hydrogen (secondary N) is 2. The molecule has 0 amide bonds. The first-order valence-corrected chi connectivity index (χ1v) is 10.6. The van der Waals surface area contributed by atoms with Gasteiger partial charge in [-0.25, -0.2) is 0 Å². The quantitative estimate of drug-likeness (QED) is 0.474. The highest BCUT2D eigenvalue weighted by Gasteiger charge is 2.11. The van der Waals surface area contributed by atoms with Gasteiger partial charge < -0.3 is 10.6 Å². The minimum absolute atomic E-state index is 0.319. The van der Waals surface area contributed by atoms with Gasteiger partial charge in [-0.05, 0) is 62.4 Å². The molecule has 0 aliphatic rings. The van der Waals surface area contributed by atoms with Crippen LogP contribution >= 0.6 is 0 Å². The second kappa shape index (κ2) is 9.87. The molecule has 3 aromatic rings. The number of aryl methyl sites for hydroxylation is 3. The van der Waals surface area contributed by atoms with Crippen molar-refractivity contribution in [3.8, 4) is 0 Å². The van der Waals surface area contributed by atoms with E-state index in [9.17, 15) is 0 Å². The van der Waals surface area contributed by atoms with E-state index in [1.165, 1.54) is 38.9 Å². The molecule has 3 rings (SSSR count). The Bertz CT molecular complexity index is 910. The van der Waals surface area contributed by atoms with Gasteiger partial charge in [0.25, 0.3) is 0 Å². The van der Waals surface area contributed by atoms with Crippen LogP contribution < -0.4 is 10.6 Å². The summed E-state index contributed by atoms with van der Waals surface area (Å²) in [5.74, 6) is 0. The molecule has 0 radical (unpaired) electrons. The third kappa shape index (κ3) is 6.03. The molecular weight excluding hydrogens is 352 g/mol. The summed E-state index contributed by atoms with van der Waals surface area (Å²) in [6.45, 7) is 12.7. The maximum absolute atomic E-state index is 3.66. The van der Waals surface area contributed by atoms with E-state index in [0.29, 0.717) is 12.1 Å². The third-order valence-electron chi connectivity index (χ3n) is 5.73. The fraction of sp³-hybridized carbons (Fsp3) is 0.333. The first-order chi connectivity index (χ1) is 13.9. The van der Waals surface area contributed by atoms with Crippen molar-refractivity contribution in [1.29, 1.82) is 0 Å². The second-order valence-corrected chi connectivity index (χ2v) is 8.29. The molecule has 29 heavy (non-hydrogen) atoms. The van der Waals surface area contributed by atoms with Gasteiger partial charge in [0.05, 0.1) is 0 Å². The summed E-state index contributed by atoms with van der Waals surface area (Å²) < 4.78 is 0. The van der Waals surface area contributed by atoms with Crippen LogP contribution in [0.2, 0.25) is 0 Å². The number of hydrogen-bond donors (Lipinski definition) is 2. The number of hydrogen-bond acceptors (Lipinski definition) is 2. The van der Waals surface area contributed by atoms with Gasteiger partial charge in [0.15, 0.2) is 0 Å². The van der Waals surface area contributed by atoms with E-state index in [4.69, 9.17) is 0 Å². The lowest BCUT2D eigenvalue weighted by Gasteiger charge is -2.20. The molecule has 0 heterocycles. The van der Waals surface area contributed by atoms with E-state index in [2.05, 4.69) is 112 Å². The summed E-state index contributed by atoms with van der Waals surface area (Å²) in [4.78, 5) is 0. The van der Waals surface area contributed by atoms with Crippen LogP contribution in [0.4, 0.5) is 0 Å². The van der Waals surface area contributed by atoms with E-state index in [0.717, 1.165) is 13.1 Å². The lowest BCUT2D eigenvalue weighted by molar-refractivity contribution is 0.564. The van der Waals surface area contributed by atoms with E-state index >= 15 is 0 Å². The van der Waals surface area contributed by atoms with Gasteiger partial charge in [-0.3, -0.25) is 0 Å². The molecule has 0 bridgehead atoms. The molecule has 2 heteroatoms. The molecule has 2 N–H and O–H groups in total. The molecule has 2 atom stereocenters. The average molecular weight is 387 g/mol. The molecule has 3 aromatic carbocycles. The maximum Gasteiger partial charge on any atom is 0.0297 e. The fourth-order valence-electron chi connectivity index (χ4n) is 3.64. The molecule has 0 aliphatic heterocycles. The van der Waals surface area contributed by atoms with Gasteiger partial charge >= 0.3 is 0 Å². The monoisotopic (exact) mass is 386 g/mol. The molecule has 0 spiro atoms. The average Bonchev–Trinajstić information content (AvgIpc) is 2.72. The van der Waals surface area contributed by atoms with Crippen LogP contribution in [-0.4, -0.2) is 0 Å². The Morgan fingerprint density at radius 1 is 0.621 bits per heavy atom. The van der Waals surface area contributed by atoms with Gasteiger partial charge in [-0.2, -0.15) is 0 Å². The third-order valence-corrected chi connectivity index (χ3v) is 5.73. The molecule has 0 saturated carbocycles. The lowest BCUT2D eigenvalue weighted by Crippen LogP contribution is -2.20. The molecule has 0 aliphatic carbocycles. The minimum atomic E-state index is 0.319. The number of rotatable bonds is 8. The van der Waals surface area contributed by atoms with Crippen molar-refractivity contribution < 1.29 is 0 Å². The summed E-state index contributed by atoms with van der Waals surface area (Å²) in [6, 6.07) is 25.0. The molecule has 0 fully saturated rings. The van der Waals surface area contributed by atoms with E-state index in [-0.39, 0.29) is 0 Å². The molecule has 2 unspecified atom stereocenters. The van der Waals surface area contributed by atoms with Gasteiger partial charge in [-0.1, -0.05) is 77.9 Å². The van der Waals surface area contributed by atoms with Crippen molar-refractivity contribution in [1.82, 2.24) is 10.6 Å². The zero-order valence-electron chi connectivity index (χ0n) is 18.4. The first kappa shape index (κ1) is 21.3. The van der Waals surface area contributed by atoms with Gasteiger partial charge in [0.2, 0.25) is 0 Å². The van der Waals surface area contributed by atoms with Gasteiger partial charge in [-0.15, -0.1) is 0 Å². The predicted molar refractivity (Wildman–Crippen MR) is 124 cm³/mol. The van der Waals surface area contributed by atoms with Crippen LogP contribution in [0.1, 0.15) is 64.9 Å². The van der Waals surface area contributed by atoms with Gasteiger partial charge in [0, 0.05) is 25.2 Å². The summed E-state index contributed by atoms with van der Waals surface area (Å²) in [5, 5.41) is 7.31. The van der Waals surface area contributed by atoms with Crippen molar-refractivity contribution >= 4 is 0 Å². The van der Waals surface area contributed by atoms with Crippen LogP contribution in [0.15, 0.2) is 66.7 Å². The van der Waals surface area contributed by atoms with Crippen molar-refractivity contribution in [2.75, 3.05) is 0 Å². The molecule has 0 aromatic heterocycles. The first-order valence-electron chi connectivity index (χ1n) is 10.6. The Kier molecular flexibility index (Phi) is 7.24. The Morgan fingerprint density at radius 3 is 1.59 bits per heavy atom. The maximum atomic E-state index is 3.66. The topological polar surface area (TPSA) is 24.1 Å². The minimum Gasteiger partial charge on any atom is -0.306 e. The van der Waals surface area contributed by atoms with Crippen molar-refractivity contribution in [3.63, 3.8) is 0 Å². The highest BCUT2D eigenvalue weighted by molar-refractivity contribution is 5.35. The van der Waals surface area contributed by atoms with E-state index in [1.807, 2.05) is 0 Å². The van der Waals surface area contributed by atoms with Crippen LogP contribution in [0.25, 0.3) is 0 Å². The SMILES string of the molecule is Cc1ccc(CNC(C)c2ccc(C(C)NCc3ccc(C)cc3)c(C)c2)cc1. The summed E-state index contributed by atoms with van der Waals surface area (Å²) in [6.07, 6.45) is 0. The van der Waals surface area contributed by atoms with Crippen LogP contribution in [0.3, 0.4) is 0 Å². The van der Waals surface area contributed by atoms with Crippen molar-refractivity contribution in [2.45, 2.75) is 59.8 Å². The number of benzene rings is 3. The highest BCUT2D eigenvalue weighted by atomic mass is 14.9. The summed E-state index contributed by atoms with van der Waals surface area (Å²) in [5.41, 5.74) is 9.30. The van der Waals surface area contributed by atoms with Crippen LogP contribution in [0.5, 0.6) is 0 Å². The zero-order chi connectivity index (χ0) is 20.8. The Balaban J connectivity index is 1.57. The Labute approximate surface area is 176 Å². The van der Waals surface area contributed by atoms with Crippen LogP contribution in [-0.2, 0) is 13.1 Å². The largest absolute Gasteiger partial charge is 0.306 e.